The molecular formula is C26H19F4NO. The molecule has 1 heterocycles. The molecule has 0 radical (unpaired) electrons. The van der Waals surface area contributed by atoms with E-state index >= 15 is 0 Å². The number of halogens is 4. The number of nitrogens with zero attached hydrogens (tertiary/aromatic N) is 1. The van der Waals surface area contributed by atoms with Gasteiger partial charge in [0.2, 0.25) is 0 Å². The van der Waals surface area contributed by atoms with Crippen molar-refractivity contribution in [2.24, 2.45) is 0 Å². The van der Waals surface area contributed by atoms with Crippen molar-refractivity contribution in [3.05, 3.63) is 118 Å². The zero-order valence-electron chi connectivity index (χ0n) is 17.0. The molecule has 3 aromatic rings. The van der Waals surface area contributed by atoms with Gasteiger partial charge in [-0.25, -0.2) is 17.6 Å². The Labute approximate surface area is 183 Å². The molecule has 162 valence electrons. The van der Waals surface area contributed by atoms with Crippen LogP contribution in [0.3, 0.4) is 0 Å². The molecule has 1 aliphatic rings. The van der Waals surface area contributed by atoms with E-state index in [9.17, 15) is 22.4 Å². The van der Waals surface area contributed by atoms with Crippen molar-refractivity contribution < 1.29 is 22.4 Å². The smallest absolute Gasteiger partial charge is 0.187 e. The quantitative estimate of drug-likeness (QED) is 0.380. The molecule has 6 heteroatoms. The topological polar surface area (TPSA) is 20.3 Å². The Morgan fingerprint density at radius 3 is 1.66 bits per heavy atom. The summed E-state index contributed by atoms with van der Waals surface area (Å²) in [5, 5.41) is 0. The SMILES string of the molecule is O=C1/C(=C/c2ccc(F)c(F)c2)CN(Cc2ccccc2)C/C1=C\c1ccc(F)c(F)c1. The molecule has 0 bridgehead atoms. The van der Waals surface area contributed by atoms with Crippen LogP contribution in [0.2, 0.25) is 0 Å². The number of Topliss-reactive ketones (excluding diaryl/α,β-unsaturated/α-hetero) is 1. The summed E-state index contributed by atoms with van der Waals surface area (Å²) >= 11 is 0. The summed E-state index contributed by atoms with van der Waals surface area (Å²) < 4.78 is 53.9. The number of carbonyl (C=O) groups excluding carboxylic acids is 1. The van der Waals surface area contributed by atoms with Gasteiger partial charge in [-0.15, -0.1) is 0 Å². The van der Waals surface area contributed by atoms with Crippen LogP contribution in [-0.4, -0.2) is 23.8 Å². The Balaban J connectivity index is 1.70. The molecule has 4 rings (SSSR count). The molecule has 2 nitrogen and oxygen atoms in total. The highest BCUT2D eigenvalue weighted by Crippen LogP contribution is 2.24. The molecule has 0 saturated carbocycles. The van der Waals surface area contributed by atoms with E-state index in [1.807, 2.05) is 35.2 Å². The number of hydrogen-bond acceptors (Lipinski definition) is 2. The van der Waals surface area contributed by atoms with Crippen molar-refractivity contribution in [2.75, 3.05) is 13.1 Å². The third kappa shape index (κ3) is 5.03. The molecule has 1 saturated heterocycles. The fourth-order valence-corrected chi connectivity index (χ4v) is 3.67. The first-order valence-corrected chi connectivity index (χ1v) is 10.0. The van der Waals surface area contributed by atoms with Gasteiger partial charge in [0, 0.05) is 30.8 Å². The van der Waals surface area contributed by atoms with Gasteiger partial charge < -0.3 is 0 Å². The minimum absolute atomic E-state index is 0.274. The third-order valence-electron chi connectivity index (χ3n) is 5.19. The van der Waals surface area contributed by atoms with E-state index in [2.05, 4.69) is 0 Å². The fourth-order valence-electron chi connectivity index (χ4n) is 3.67. The zero-order valence-corrected chi connectivity index (χ0v) is 17.0. The van der Waals surface area contributed by atoms with E-state index in [4.69, 9.17) is 0 Å². The van der Waals surface area contributed by atoms with Crippen LogP contribution in [0, 0.1) is 23.3 Å². The van der Waals surface area contributed by atoms with Crippen LogP contribution < -0.4 is 0 Å². The van der Waals surface area contributed by atoms with Gasteiger partial charge in [0.15, 0.2) is 29.1 Å². The third-order valence-corrected chi connectivity index (χ3v) is 5.19. The summed E-state index contributed by atoms with van der Waals surface area (Å²) in [6.45, 7) is 1.17. The van der Waals surface area contributed by atoms with Crippen LogP contribution >= 0.6 is 0 Å². The predicted molar refractivity (Wildman–Crippen MR) is 115 cm³/mol. The molecule has 32 heavy (non-hydrogen) atoms. The van der Waals surface area contributed by atoms with Gasteiger partial charge in [-0.2, -0.15) is 0 Å². The maximum absolute atomic E-state index is 13.7. The number of rotatable bonds is 4. The lowest BCUT2D eigenvalue weighted by Crippen LogP contribution is -2.37. The zero-order chi connectivity index (χ0) is 22.7. The van der Waals surface area contributed by atoms with Crippen LogP contribution in [0.25, 0.3) is 12.2 Å². The maximum atomic E-state index is 13.7. The Kier molecular flexibility index (Phi) is 6.32. The molecule has 0 unspecified atom stereocenters. The van der Waals surface area contributed by atoms with Crippen LogP contribution in [-0.2, 0) is 11.3 Å². The first-order valence-electron chi connectivity index (χ1n) is 10.0. The van der Waals surface area contributed by atoms with Gasteiger partial charge in [0.25, 0.3) is 0 Å². The summed E-state index contributed by atoms with van der Waals surface area (Å²) in [4.78, 5) is 15.2. The van der Waals surface area contributed by atoms with E-state index in [-0.39, 0.29) is 5.78 Å². The highest BCUT2D eigenvalue weighted by molar-refractivity contribution is 6.14. The summed E-state index contributed by atoms with van der Waals surface area (Å²) in [6, 6.07) is 16.6. The van der Waals surface area contributed by atoms with Crippen molar-refractivity contribution in [3.8, 4) is 0 Å². The lowest BCUT2D eigenvalue weighted by atomic mass is 9.93. The number of hydrogen-bond donors (Lipinski definition) is 0. The highest BCUT2D eigenvalue weighted by atomic mass is 19.2. The van der Waals surface area contributed by atoms with Crippen molar-refractivity contribution in [3.63, 3.8) is 0 Å². The van der Waals surface area contributed by atoms with Gasteiger partial charge in [-0.1, -0.05) is 42.5 Å². The molecule has 0 spiro atoms. The van der Waals surface area contributed by atoms with Crippen molar-refractivity contribution in [1.29, 1.82) is 0 Å². The van der Waals surface area contributed by atoms with Crippen molar-refractivity contribution in [1.82, 2.24) is 4.90 Å². The van der Waals surface area contributed by atoms with E-state index < -0.39 is 23.3 Å². The van der Waals surface area contributed by atoms with Gasteiger partial charge >= 0.3 is 0 Å². The average molecular weight is 437 g/mol. The van der Waals surface area contributed by atoms with Crippen LogP contribution in [0.15, 0.2) is 77.9 Å². The van der Waals surface area contributed by atoms with E-state index in [1.54, 1.807) is 0 Å². The van der Waals surface area contributed by atoms with E-state index in [0.29, 0.717) is 41.9 Å². The van der Waals surface area contributed by atoms with Crippen molar-refractivity contribution >= 4 is 17.9 Å². The predicted octanol–water partition coefficient (Wildman–Crippen LogP) is 5.79. The summed E-state index contributed by atoms with van der Waals surface area (Å²) in [5.41, 5.74) is 2.56. The number of ketones is 1. The molecule has 0 N–H and O–H groups in total. The molecule has 0 aromatic heterocycles. The first kappa shape index (κ1) is 21.7. The van der Waals surface area contributed by atoms with Crippen LogP contribution in [0.5, 0.6) is 0 Å². The molecule has 0 atom stereocenters. The lowest BCUT2D eigenvalue weighted by molar-refractivity contribution is -0.113. The first-order chi connectivity index (χ1) is 15.4. The summed E-state index contributed by atoms with van der Waals surface area (Å²) in [5.74, 6) is -4.20. The maximum Gasteiger partial charge on any atom is 0.187 e. The fraction of sp³-hybridized carbons (Fsp3) is 0.115. The lowest BCUT2D eigenvalue weighted by Gasteiger charge is -2.30. The second-order valence-electron chi connectivity index (χ2n) is 7.65. The molecule has 0 aliphatic carbocycles. The van der Waals surface area contributed by atoms with Gasteiger partial charge in [-0.3, -0.25) is 9.69 Å². The molecule has 1 aliphatic heterocycles. The average Bonchev–Trinajstić information content (AvgIpc) is 2.77. The second kappa shape index (κ2) is 9.32. The van der Waals surface area contributed by atoms with Gasteiger partial charge in [-0.05, 0) is 53.1 Å². The minimum atomic E-state index is -0.999. The van der Waals surface area contributed by atoms with Crippen LogP contribution in [0.4, 0.5) is 17.6 Å². The van der Waals surface area contributed by atoms with E-state index in [0.717, 1.165) is 29.8 Å². The normalized spacial score (nSPS) is 17.3. The number of likely N-dealkylation sites (tertiary alicyclic amines) is 1. The standard InChI is InChI=1S/C26H19F4NO/c27-22-8-6-18(12-24(22)29)10-20-15-31(14-17-4-2-1-3-5-17)16-21(26(20)32)11-19-7-9-23(28)25(30)13-19/h1-13H,14-16H2/b20-10+,21-11+. The van der Waals surface area contributed by atoms with E-state index in [1.165, 1.54) is 24.3 Å². The molecule has 3 aromatic carbocycles. The minimum Gasteiger partial charge on any atom is -0.290 e. The van der Waals surface area contributed by atoms with Gasteiger partial charge in [0.05, 0.1) is 0 Å². The largest absolute Gasteiger partial charge is 0.290 e. The monoisotopic (exact) mass is 437 g/mol. The Bertz CT molecular complexity index is 1140. The van der Waals surface area contributed by atoms with Gasteiger partial charge in [0.1, 0.15) is 0 Å². The molecule has 0 amide bonds. The Morgan fingerprint density at radius 2 is 1.19 bits per heavy atom. The molecular weight excluding hydrogens is 418 g/mol. The molecule has 1 fully saturated rings. The highest BCUT2D eigenvalue weighted by Gasteiger charge is 2.26. The van der Waals surface area contributed by atoms with Crippen molar-refractivity contribution in [2.45, 2.75) is 6.54 Å². The summed E-state index contributed by atoms with van der Waals surface area (Å²) in [6.07, 6.45) is 3.06. The van der Waals surface area contributed by atoms with Crippen LogP contribution in [0.1, 0.15) is 16.7 Å². The number of benzene rings is 3. The number of piperidine rings is 1. The second-order valence-corrected chi connectivity index (χ2v) is 7.65. The summed E-state index contributed by atoms with van der Waals surface area (Å²) in [7, 11) is 0. The Morgan fingerprint density at radius 1 is 0.688 bits per heavy atom. The Hall–Kier alpha value is -3.51. The number of carbonyl (C=O) groups is 1.